The maximum atomic E-state index is 13.1. The van der Waals surface area contributed by atoms with Crippen LogP contribution in [0.2, 0.25) is 0 Å². The second-order valence-electron chi connectivity index (χ2n) is 9.60. The minimum atomic E-state index is -3.25. The molecule has 0 radical (unpaired) electrons. The number of allylic oxidation sites excluding steroid dienone is 1. The second-order valence-corrected chi connectivity index (χ2v) is 11.8. The van der Waals surface area contributed by atoms with Gasteiger partial charge in [-0.05, 0) is 49.5 Å². The Morgan fingerprint density at radius 3 is 2.52 bits per heavy atom. The number of rotatable bonds is 5. The molecule has 1 aromatic heterocycles. The van der Waals surface area contributed by atoms with Gasteiger partial charge in [0.25, 0.3) is 0 Å². The largest absolute Gasteiger partial charge is 0.480 e. The number of nitrogens with zero attached hydrogens (tertiary/aromatic N) is 1. The first-order chi connectivity index (χ1) is 13.3. The highest BCUT2D eigenvalue weighted by Gasteiger charge is 2.38. The molecule has 7 heteroatoms. The van der Waals surface area contributed by atoms with Crippen LogP contribution in [0.4, 0.5) is 0 Å². The van der Waals surface area contributed by atoms with E-state index >= 15 is 0 Å². The molecule has 0 fully saturated rings. The lowest BCUT2D eigenvalue weighted by atomic mass is 9.75. The van der Waals surface area contributed by atoms with Crippen molar-refractivity contribution in [3.8, 4) is 0 Å². The third-order valence-corrected chi connectivity index (χ3v) is 7.88. The van der Waals surface area contributed by atoms with Gasteiger partial charge < -0.3 is 9.67 Å². The molecule has 0 saturated carbocycles. The Bertz CT molecular complexity index is 997. The van der Waals surface area contributed by atoms with Crippen LogP contribution in [0.3, 0.4) is 0 Å². The van der Waals surface area contributed by atoms with Crippen LogP contribution in [0.25, 0.3) is 0 Å². The zero-order valence-electron chi connectivity index (χ0n) is 17.9. The molecule has 2 unspecified atom stereocenters. The number of hydrogen-bond acceptors (Lipinski definition) is 4. The van der Waals surface area contributed by atoms with Gasteiger partial charge in [-0.3, -0.25) is 9.59 Å². The van der Waals surface area contributed by atoms with Gasteiger partial charge in [0, 0.05) is 29.6 Å². The van der Waals surface area contributed by atoms with E-state index in [1.807, 2.05) is 26.8 Å². The molecule has 29 heavy (non-hydrogen) atoms. The molecular formula is C22H31NO5S. The van der Waals surface area contributed by atoms with Gasteiger partial charge in [0.1, 0.15) is 6.54 Å². The number of fused-ring (bicyclic) bond motifs is 1. The third kappa shape index (κ3) is 4.34. The fourth-order valence-corrected chi connectivity index (χ4v) is 6.27. The van der Waals surface area contributed by atoms with Gasteiger partial charge in [0.15, 0.2) is 15.6 Å². The predicted octanol–water partition coefficient (Wildman–Crippen LogP) is 3.35. The van der Waals surface area contributed by atoms with Gasteiger partial charge in [-0.2, -0.15) is 0 Å². The highest BCUT2D eigenvalue weighted by molar-refractivity contribution is 7.91. The molecule has 0 amide bonds. The van der Waals surface area contributed by atoms with Gasteiger partial charge in [-0.15, -0.1) is 0 Å². The summed E-state index contributed by atoms with van der Waals surface area (Å²) in [7, 11) is -3.25. The lowest BCUT2D eigenvalue weighted by molar-refractivity contribution is -0.137. The highest BCUT2D eigenvalue weighted by atomic mass is 32.2. The maximum absolute atomic E-state index is 13.1. The van der Waals surface area contributed by atoms with E-state index in [1.165, 1.54) is 6.26 Å². The van der Waals surface area contributed by atoms with Crippen LogP contribution in [-0.4, -0.2) is 41.3 Å². The molecule has 3 rings (SSSR count). The van der Waals surface area contributed by atoms with Crippen LogP contribution in [0.5, 0.6) is 0 Å². The van der Waals surface area contributed by atoms with E-state index < -0.39 is 21.1 Å². The highest BCUT2D eigenvalue weighted by Crippen LogP contribution is 2.40. The van der Waals surface area contributed by atoms with Crippen LogP contribution < -0.4 is 0 Å². The third-order valence-electron chi connectivity index (χ3n) is 6.31. The average molecular weight is 422 g/mol. The number of aliphatic carboxylic acids is 1. The Hall–Kier alpha value is -1.89. The molecule has 0 spiro atoms. The minimum absolute atomic E-state index is 0.0267. The molecule has 2 aliphatic rings. The summed E-state index contributed by atoms with van der Waals surface area (Å²) >= 11 is 0. The molecular weight excluding hydrogens is 390 g/mol. The molecule has 1 heterocycles. The summed E-state index contributed by atoms with van der Waals surface area (Å²) in [4.78, 5) is 24.5. The molecule has 160 valence electrons. The summed E-state index contributed by atoms with van der Waals surface area (Å²) in [5.41, 5.74) is 3.57. The van der Waals surface area contributed by atoms with E-state index in [-0.39, 0.29) is 23.7 Å². The van der Waals surface area contributed by atoms with Gasteiger partial charge in [-0.1, -0.05) is 32.4 Å². The van der Waals surface area contributed by atoms with Crippen molar-refractivity contribution in [2.75, 3.05) is 6.26 Å². The van der Waals surface area contributed by atoms with Crippen molar-refractivity contribution in [3.05, 3.63) is 34.2 Å². The van der Waals surface area contributed by atoms with E-state index in [1.54, 1.807) is 4.57 Å². The summed E-state index contributed by atoms with van der Waals surface area (Å²) in [6.07, 6.45) is 6.14. The van der Waals surface area contributed by atoms with Crippen molar-refractivity contribution in [1.82, 2.24) is 4.57 Å². The Balaban J connectivity index is 2.14. The maximum Gasteiger partial charge on any atom is 0.323 e. The van der Waals surface area contributed by atoms with Crippen molar-refractivity contribution in [2.45, 2.75) is 71.6 Å². The molecule has 2 atom stereocenters. The summed E-state index contributed by atoms with van der Waals surface area (Å²) in [5.74, 6) is -0.637. The van der Waals surface area contributed by atoms with Crippen LogP contribution >= 0.6 is 0 Å². The fourth-order valence-electron chi connectivity index (χ4n) is 4.99. The average Bonchev–Trinajstić information content (AvgIpc) is 2.78. The Morgan fingerprint density at radius 2 is 1.93 bits per heavy atom. The molecule has 1 aromatic rings. The molecule has 2 aliphatic carbocycles. The quantitative estimate of drug-likeness (QED) is 0.736. The Kier molecular flexibility index (Phi) is 5.58. The number of ketones is 1. The number of carbonyl (C=O) groups is 2. The monoisotopic (exact) mass is 421 g/mol. The summed E-state index contributed by atoms with van der Waals surface area (Å²) in [5, 5.41) is 8.87. The lowest BCUT2D eigenvalue weighted by Gasteiger charge is -2.30. The van der Waals surface area contributed by atoms with Gasteiger partial charge >= 0.3 is 5.97 Å². The minimum Gasteiger partial charge on any atom is -0.480 e. The molecule has 0 aliphatic heterocycles. The van der Waals surface area contributed by atoms with E-state index in [9.17, 15) is 23.1 Å². The van der Waals surface area contributed by atoms with E-state index in [0.717, 1.165) is 28.9 Å². The number of carbonyl (C=O) groups excluding carboxylic acids is 1. The Morgan fingerprint density at radius 1 is 1.28 bits per heavy atom. The van der Waals surface area contributed by atoms with Crippen molar-refractivity contribution >= 4 is 21.6 Å². The normalized spacial score (nSPS) is 24.2. The van der Waals surface area contributed by atoms with E-state index in [4.69, 9.17) is 0 Å². The molecule has 0 saturated heterocycles. The molecule has 0 bridgehead atoms. The first-order valence-electron chi connectivity index (χ1n) is 10.2. The SMILES string of the molecule is Cc1c(CC2=CC(C)CCC2S(C)(=O)=O)c2c(n1CC(=O)O)CC(C)(C)CC2=O. The molecule has 1 N–H and O–H groups in total. The lowest BCUT2D eigenvalue weighted by Crippen LogP contribution is -2.30. The fraction of sp³-hybridized carbons (Fsp3) is 0.636. The van der Waals surface area contributed by atoms with Crippen LogP contribution in [-0.2, 0) is 34.0 Å². The number of sulfone groups is 1. The summed E-state index contributed by atoms with van der Waals surface area (Å²) in [6.45, 7) is 7.77. The summed E-state index contributed by atoms with van der Waals surface area (Å²) in [6, 6.07) is 0. The topological polar surface area (TPSA) is 93.4 Å². The van der Waals surface area contributed by atoms with Crippen molar-refractivity contribution in [2.24, 2.45) is 11.3 Å². The van der Waals surface area contributed by atoms with E-state index in [0.29, 0.717) is 31.2 Å². The van der Waals surface area contributed by atoms with Crippen molar-refractivity contribution < 1.29 is 23.1 Å². The number of hydrogen-bond donors (Lipinski definition) is 1. The smallest absolute Gasteiger partial charge is 0.323 e. The van der Waals surface area contributed by atoms with Crippen molar-refractivity contribution in [1.29, 1.82) is 0 Å². The Labute approximate surface area is 172 Å². The predicted molar refractivity (Wildman–Crippen MR) is 112 cm³/mol. The summed E-state index contributed by atoms with van der Waals surface area (Å²) < 4.78 is 26.5. The molecule has 0 aromatic carbocycles. The van der Waals surface area contributed by atoms with Crippen LogP contribution in [0.1, 0.15) is 67.3 Å². The zero-order valence-corrected chi connectivity index (χ0v) is 18.7. The van der Waals surface area contributed by atoms with E-state index in [2.05, 4.69) is 6.92 Å². The number of aromatic nitrogens is 1. The van der Waals surface area contributed by atoms with Gasteiger partial charge in [0.05, 0.1) is 5.25 Å². The number of carboxylic acids is 1. The standard InChI is InChI=1S/C22H31NO5S/c1-13-6-7-19(29(5,27)28)15(8-13)9-16-14(2)23(12-20(25)26)17-10-22(3,4)11-18(24)21(16)17/h8,13,19H,6-7,9-12H2,1-5H3,(H,25,26). The zero-order chi connectivity index (χ0) is 21.7. The van der Waals surface area contributed by atoms with Crippen LogP contribution in [0, 0.1) is 18.3 Å². The first-order valence-corrected chi connectivity index (χ1v) is 12.1. The number of Topliss-reactive ketones (excluding diaryl/α,β-unsaturated/α-hetero) is 1. The van der Waals surface area contributed by atoms with Gasteiger partial charge in [-0.25, -0.2) is 8.42 Å². The van der Waals surface area contributed by atoms with Crippen LogP contribution in [0.15, 0.2) is 11.6 Å². The second kappa shape index (κ2) is 7.42. The van der Waals surface area contributed by atoms with Gasteiger partial charge in [0.2, 0.25) is 0 Å². The number of carboxylic acid groups (broad SMARTS) is 1. The first kappa shape index (κ1) is 21.8. The van der Waals surface area contributed by atoms with Crippen molar-refractivity contribution in [3.63, 3.8) is 0 Å². The molecule has 6 nitrogen and oxygen atoms in total.